The van der Waals surface area contributed by atoms with Crippen molar-refractivity contribution in [3.8, 4) is 0 Å². The van der Waals surface area contributed by atoms with Crippen LogP contribution in [-0.2, 0) is 0 Å². The molecular formula is C14H16Br2N2O. The highest BCUT2D eigenvalue weighted by molar-refractivity contribution is 9.13. The molecule has 0 saturated carbocycles. The lowest BCUT2D eigenvalue weighted by Gasteiger charge is -2.17. The van der Waals surface area contributed by atoms with Crippen molar-refractivity contribution in [3.63, 3.8) is 0 Å². The van der Waals surface area contributed by atoms with Gasteiger partial charge in [-0.3, -0.25) is 4.79 Å². The zero-order chi connectivity index (χ0) is 14.2. The second-order valence-electron chi connectivity index (χ2n) is 5.02. The van der Waals surface area contributed by atoms with Crippen molar-refractivity contribution in [3.05, 3.63) is 32.8 Å². The van der Waals surface area contributed by atoms with E-state index in [-0.39, 0.29) is 11.9 Å². The summed E-state index contributed by atoms with van der Waals surface area (Å²) in [4.78, 5) is 15.4. The van der Waals surface area contributed by atoms with Gasteiger partial charge in [0.1, 0.15) is 0 Å². The highest BCUT2D eigenvalue weighted by Gasteiger charge is 2.16. The van der Waals surface area contributed by atoms with Crippen LogP contribution < -0.4 is 5.32 Å². The number of amides is 1. The summed E-state index contributed by atoms with van der Waals surface area (Å²) in [7, 11) is 0. The van der Waals surface area contributed by atoms with Gasteiger partial charge in [0.25, 0.3) is 5.91 Å². The van der Waals surface area contributed by atoms with E-state index < -0.39 is 0 Å². The zero-order valence-electron chi connectivity index (χ0n) is 11.1. The summed E-state index contributed by atoms with van der Waals surface area (Å²) in [6.45, 7) is 6.20. The molecule has 3 nitrogen and oxygen atoms in total. The van der Waals surface area contributed by atoms with Crippen LogP contribution in [0, 0.1) is 5.92 Å². The minimum atomic E-state index is -0.0401. The number of halogens is 2. The number of rotatable bonds is 3. The minimum Gasteiger partial charge on any atom is -0.360 e. The first-order valence-corrected chi connectivity index (χ1v) is 7.75. The Balaban J connectivity index is 2.35. The third kappa shape index (κ3) is 3.03. The molecule has 0 fully saturated rings. The highest BCUT2D eigenvalue weighted by atomic mass is 79.9. The van der Waals surface area contributed by atoms with Crippen LogP contribution in [0.4, 0.5) is 0 Å². The van der Waals surface area contributed by atoms with Gasteiger partial charge < -0.3 is 10.3 Å². The molecule has 0 spiro atoms. The normalized spacial score (nSPS) is 12.9. The fourth-order valence-electron chi connectivity index (χ4n) is 1.76. The van der Waals surface area contributed by atoms with Crippen molar-refractivity contribution in [2.75, 3.05) is 0 Å². The number of hydrogen-bond donors (Lipinski definition) is 2. The van der Waals surface area contributed by atoms with Gasteiger partial charge in [-0.15, -0.1) is 0 Å². The van der Waals surface area contributed by atoms with E-state index in [1.165, 1.54) is 0 Å². The van der Waals surface area contributed by atoms with Crippen LogP contribution in [0.3, 0.4) is 0 Å². The lowest BCUT2D eigenvalue weighted by atomic mass is 10.1. The lowest BCUT2D eigenvalue weighted by molar-refractivity contribution is 0.0932. The van der Waals surface area contributed by atoms with Gasteiger partial charge in [-0.1, -0.05) is 13.8 Å². The first-order chi connectivity index (χ1) is 8.90. The Morgan fingerprint density at radius 1 is 1.21 bits per heavy atom. The molecular weight excluding hydrogens is 372 g/mol. The second kappa shape index (κ2) is 5.67. The molecule has 0 aliphatic heterocycles. The molecule has 0 aliphatic rings. The molecule has 1 aromatic heterocycles. The van der Waals surface area contributed by atoms with Crippen molar-refractivity contribution in [2.24, 2.45) is 5.92 Å². The quantitative estimate of drug-likeness (QED) is 0.801. The van der Waals surface area contributed by atoms with E-state index in [2.05, 4.69) is 56.0 Å². The Kier molecular flexibility index (Phi) is 4.36. The summed E-state index contributed by atoms with van der Waals surface area (Å²) in [6.07, 6.45) is 1.76. The lowest BCUT2D eigenvalue weighted by Crippen LogP contribution is -2.35. The summed E-state index contributed by atoms with van der Waals surface area (Å²) < 4.78 is 1.90. The van der Waals surface area contributed by atoms with Crippen LogP contribution in [0.1, 0.15) is 31.1 Å². The molecule has 102 valence electrons. The standard InChI is InChI=1S/C14H16Br2N2O/c1-7(2)8(3)18-14(19)10-6-17-13-5-12(16)11(15)4-9(10)13/h4-8,17H,1-3H3,(H,18,19). The smallest absolute Gasteiger partial charge is 0.253 e. The second-order valence-corrected chi connectivity index (χ2v) is 6.73. The summed E-state index contributed by atoms with van der Waals surface area (Å²) in [5.74, 6) is 0.372. The van der Waals surface area contributed by atoms with Crippen LogP contribution in [-0.4, -0.2) is 16.9 Å². The third-order valence-corrected chi connectivity index (χ3v) is 5.17. The number of H-pyrrole nitrogens is 1. The van der Waals surface area contributed by atoms with Crippen LogP contribution >= 0.6 is 31.9 Å². The maximum atomic E-state index is 12.3. The third-order valence-electron chi connectivity index (χ3n) is 3.33. The van der Waals surface area contributed by atoms with Crippen molar-refractivity contribution in [1.82, 2.24) is 10.3 Å². The zero-order valence-corrected chi connectivity index (χ0v) is 14.2. The summed E-state index contributed by atoms with van der Waals surface area (Å²) in [5, 5.41) is 3.94. The average molecular weight is 388 g/mol. The number of benzene rings is 1. The van der Waals surface area contributed by atoms with Crippen molar-refractivity contribution < 1.29 is 4.79 Å². The molecule has 1 atom stereocenters. The van der Waals surface area contributed by atoms with E-state index in [0.29, 0.717) is 11.5 Å². The number of carbonyl (C=O) groups excluding carboxylic acids is 1. The fraction of sp³-hybridized carbons (Fsp3) is 0.357. The largest absolute Gasteiger partial charge is 0.360 e. The van der Waals surface area contributed by atoms with Gasteiger partial charge in [0.05, 0.1) is 5.56 Å². The van der Waals surface area contributed by atoms with Crippen LogP contribution in [0.5, 0.6) is 0 Å². The molecule has 1 heterocycles. The van der Waals surface area contributed by atoms with Crippen molar-refractivity contribution in [1.29, 1.82) is 0 Å². The van der Waals surface area contributed by atoms with E-state index >= 15 is 0 Å². The fourth-order valence-corrected chi connectivity index (χ4v) is 2.44. The average Bonchev–Trinajstić information content (AvgIpc) is 2.72. The minimum absolute atomic E-state index is 0.0401. The topological polar surface area (TPSA) is 44.9 Å². The molecule has 2 aromatic rings. The predicted octanol–water partition coefficient (Wildman–Crippen LogP) is 4.47. The molecule has 1 amide bonds. The number of aromatic nitrogens is 1. The van der Waals surface area contributed by atoms with Gasteiger partial charge in [-0.05, 0) is 56.8 Å². The Morgan fingerprint density at radius 3 is 2.47 bits per heavy atom. The first-order valence-electron chi connectivity index (χ1n) is 6.17. The molecule has 0 bridgehead atoms. The van der Waals surface area contributed by atoms with Gasteiger partial charge >= 0.3 is 0 Å². The summed E-state index contributed by atoms with van der Waals surface area (Å²) in [5.41, 5.74) is 1.62. The Morgan fingerprint density at radius 2 is 1.84 bits per heavy atom. The van der Waals surface area contributed by atoms with E-state index in [9.17, 15) is 4.79 Å². The van der Waals surface area contributed by atoms with E-state index in [0.717, 1.165) is 19.8 Å². The van der Waals surface area contributed by atoms with Gasteiger partial charge in [0.2, 0.25) is 0 Å². The molecule has 0 radical (unpaired) electrons. The Bertz CT molecular complexity index is 619. The van der Waals surface area contributed by atoms with Gasteiger partial charge in [0.15, 0.2) is 0 Å². The SMILES string of the molecule is CC(C)C(C)NC(=O)c1c[nH]c2cc(Br)c(Br)cc12. The molecule has 5 heteroatoms. The van der Waals surface area contributed by atoms with Crippen LogP contribution in [0.15, 0.2) is 27.3 Å². The maximum absolute atomic E-state index is 12.3. The Hall–Kier alpha value is -0.810. The monoisotopic (exact) mass is 386 g/mol. The number of nitrogens with one attached hydrogen (secondary N) is 2. The van der Waals surface area contributed by atoms with E-state index in [1.54, 1.807) is 6.20 Å². The van der Waals surface area contributed by atoms with Crippen LogP contribution in [0.25, 0.3) is 10.9 Å². The van der Waals surface area contributed by atoms with Gasteiger partial charge in [0, 0.05) is 32.1 Å². The molecule has 1 aromatic carbocycles. The summed E-state index contributed by atoms with van der Waals surface area (Å²) >= 11 is 6.92. The predicted molar refractivity (Wildman–Crippen MR) is 85.5 cm³/mol. The van der Waals surface area contributed by atoms with Gasteiger partial charge in [-0.2, -0.15) is 0 Å². The number of aromatic amines is 1. The van der Waals surface area contributed by atoms with Gasteiger partial charge in [-0.25, -0.2) is 0 Å². The number of hydrogen-bond acceptors (Lipinski definition) is 1. The highest BCUT2D eigenvalue weighted by Crippen LogP contribution is 2.30. The molecule has 19 heavy (non-hydrogen) atoms. The molecule has 1 unspecified atom stereocenters. The van der Waals surface area contributed by atoms with Crippen LogP contribution in [0.2, 0.25) is 0 Å². The molecule has 2 rings (SSSR count). The molecule has 2 N–H and O–H groups in total. The maximum Gasteiger partial charge on any atom is 0.253 e. The summed E-state index contributed by atoms with van der Waals surface area (Å²) in [6, 6.07) is 4.06. The number of carbonyl (C=O) groups is 1. The Labute approximate surface area is 129 Å². The van der Waals surface area contributed by atoms with Crippen molar-refractivity contribution >= 4 is 48.7 Å². The van der Waals surface area contributed by atoms with E-state index in [4.69, 9.17) is 0 Å². The van der Waals surface area contributed by atoms with E-state index in [1.807, 2.05) is 19.1 Å². The molecule has 0 aliphatic carbocycles. The molecule has 0 saturated heterocycles. The first kappa shape index (κ1) is 14.6. The number of fused-ring (bicyclic) bond motifs is 1. The van der Waals surface area contributed by atoms with Crippen molar-refractivity contribution in [2.45, 2.75) is 26.8 Å².